The minimum absolute atomic E-state index is 0.00652. The van der Waals surface area contributed by atoms with E-state index in [1.165, 1.54) is 6.07 Å². The van der Waals surface area contributed by atoms with Crippen molar-refractivity contribution >= 4 is 21.9 Å². The Morgan fingerprint density at radius 1 is 1.12 bits per heavy atom. The quantitative estimate of drug-likeness (QED) is 0.488. The first-order valence-electron chi connectivity index (χ1n) is 7.60. The third-order valence-corrected chi connectivity index (χ3v) is 4.38. The van der Waals surface area contributed by atoms with Crippen molar-refractivity contribution in [2.24, 2.45) is 7.05 Å². The van der Waals surface area contributed by atoms with Crippen LogP contribution in [0.25, 0.3) is 33.2 Å². The van der Waals surface area contributed by atoms with E-state index in [0.29, 0.717) is 11.0 Å². The molecule has 2 aromatic heterocycles. The number of nitrogens with zero attached hydrogens (tertiary/aromatic N) is 2. The Morgan fingerprint density at radius 2 is 1.96 bits per heavy atom. The summed E-state index contributed by atoms with van der Waals surface area (Å²) in [5.74, 6) is -0.601. The third kappa shape index (κ3) is 1.99. The molecule has 4 heteroatoms. The zero-order chi connectivity index (χ0) is 16.8. The molecule has 0 N–H and O–H groups in total. The number of hydrogen-bond donors (Lipinski definition) is 0. The summed E-state index contributed by atoms with van der Waals surface area (Å²) in [6, 6.07) is 15.0. The first kappa shape index (κ1) is 14.4. The van der Waals surface area contributed by atoms with E-state index >= 15 is 0 Å². The van der Waals surface area contributed by atoms with Crippen molar-refractivity contribution in [3.05, 3.63) is 65.6 Å². The van der Waals surface area contributed by atoms with E-state index in [2.05, 4.69) is 0 Å². The van der Waals surface area contributed by atoms with Gasteiger partial charge >= 0.3 is 0 Å². The van der Waals surface area contributed by atoms with Crippen LogP contribution in [-0.2, 0) is 7.05 Å². The predicted octanol–water partition coefficient (Wildman–Crippen LogP) is 4.40. The van der Waals surface area contributed by atoms with E-state index in [1.807, 2.05) is 61.1 Å². The summed E-state index contributed by atoms with van der Waals surface area (Å²) in [5.41, 5.74) is 3.91. The number of halogens is 1. The standard InChI is InChI=1S/C20H14FN2O/c1-12-9-16-14-7-6-13(11-22)19(21)20(14)24-18(16)10-15(12)17-5-3-4-8-23(17)2/h3-10H,1-2H3/q+1. The van der Waals surface area contributed by atoms with Crippen LogP contribution >= 0.6 is 0 Å². The van der Waals surface area contributed by atoms with Crippen LogP contribution in [0, 0.1) is 24.1 Å². The van der Waals surface area contributed by atoms with Crippen LogP contribution in [-0.4, -0.2) is 0 Å². The van der Waals surface area contributed by atoms with Crippen LogP contribution in [0.2, 0.25) is 0 Å². The van der Waals surface area contributed by atoms with Crippen molar-refractivity contribution in [2.45, 2.75) is 6.92 Å². The molecule has 0 aliphatic heterocycles. The van der Waals surface area contributed by atoms with Crippen molar-refractivity contribution in [2.75, 3.05) is 0 Å². The number of furan rings is 1. The van der Waals surface area contributed by atoms with E-state index in [0.717, 1.165) is 22.2 Å². The van der Waals surface area contributed by atoms with Crippen LogP contribution in [0.4, 0.5) is 4.39 Å². The summed E-state index contributed by atoms with van der Waals surface area (Å²) < 4.78 is 22.2. The van der Waals surface area contributed by atoms with Gasteiger partial charge in [-0.3, -0.25) is 0 Å². The van der Waals surface area contributed by atoms with Crippen molar-refractivity contribution in [1.82, 2.24) is 0 Å². The highest BCUT2D eigenvalue weighted by Gasteiger charge is 2.18. The van der Waals surface area contributed by atoms with Gasteiger partial charge in [-0.1, -0.05) is 0 Å². The molecule has 0 amide bonds. The van der Waals surface area contributed by atoms with Gasteiger partial charge < -0.3 is 4.42 Å². The van der Waals surface area contributed by atoms with Crippen LogP contribution in [0.15, 0.2) is 53.1 Å². The fourth-order valence-corrected chi connectivity index (χ4v) is 3.13. The van der Waals surface area contributed by atoms with Crippen molar-refractivity contribution in [1.29, 1.82) is 5.26 Å². The Labute approximate surface area is 138 Å². The molecule has 116 valence electrons. The van der Waals surface area contributed by atoms with E-state index in [4.69, 9.17) is 9.68 Å². The first-order valence-corrected chi connectivity index (χ1v) is 7.60. The highest BCUT2D eigenvalue weighted by molar-refractivity contribution is 6.06. The summed E-state index contributed by atoms with van der Waals surface area (Å²) in [4.78, 5) is 0. The van der Waals surface area contributed by atoms with Crippen LogP contribution in [0.3, 0.4) is 0 Å². The fourth-order valence-electron chi connectivity index (χ4n) is 3.13. The Kier molecular flexibility index (Phi) is 3.10. The second-order valence-electron chi connectivity index (χ2n) is 5.88. The predicted molar refractivity (Wildman–Crippen MR) is 89.7 cm³/mol. The van der Waals surface area contributed by atoms with E-state index in [1.54, 1.807) is 6.07 Å². The number of aryl methyl sites for hydroxylation is 2. The second-order valence-corrected chi connectivity index (χ2v) is 5.88. The first-order chi connectivity index (χ1) is 11.6. The summed E-state index contributed by atoms with van der Waals surface area (Å²) in [5, 5.41) is 10.5. The second kappa shape index (κ2) is 5.17. The van der Waals surface area contributed by atoms with Crippen LogP contribution < -0.4 is 4.57 Å². The molecule has 3 nitrogen and oxygen atoms in total. The molecule has 0 unspecified atom stereocenters. The number of aromatic nitrogens is 1. The maximum Gasteiger partial charge on any atom is 0.212 e. The summed E-state index contributed by atoms with van der Waals surface area (Å²) in [7, 11) is 1.98. The van der Waals surface area contributed by atoms with Gasteiger partial charge in [0, 0.05) is 22.9 Å². The van der Waals surface area contributed by atoms with E-state index in [9.17, 15) is 4.39 Å². The molecule has 0 fully saturated rings. The molecule has 2 aromatic carbocycles. The van der Waals surface area contributed by atoms with E-state index in [-0.39, 0.29) is 11.1 Å². The lowest BCUT2D eigenvalue weighted by Gasteiger charge is -2.04. The molecular formula is C20H14FN2O+. The smallest absolute Gasteiger partial charge is 0.212 e. The molecule has 4 rings (SSSR count). The minimum Gasteiger partial charge on any atom is -0.453 e. The molecule has 0 aliphatic rings. The van der Waals surface area contributed by atoms with Gasteiger partial charge in [-0.25, -0.2) is 8.96 Å². The van der Waals surface area contributed by atoms with Gasteiger partial charge in [0.25, 0.3) is 0 Å². The Morgan fingerprint density at radius 3 is 2.71 bits per heavy atom. The summed E-state index contributed by atoms with van der Waals surface area (Å²) >= 11 is 0. The molecule has 24 heavy (non-hydrogen) atoms. The van der Waals surface area contributed by atoms with Gasteiger partial charge in [0.1, 0.15) is 18.7 Å². The van der Waals surface area contributed by atoms with E-state index < -0.39 is 5.82 Å². The molecule has 0 saturated heterocycles. The maximum absolute atomic E-state index is 14.4. The summed E-state index contributed by atoms with van der Waals surface area (Å²) in [6.07, 6.45) is 1.98. The molecule has 0 bridgehead atoms. The Bertz CT molecular complexity index is 1150. The van der Waals surface area contributed by atoms with Gasteiger partial charge in [0.05, 0.1) is 11.1 Å². The normalized spacial score (nSPS) is 11.1. The highest BCUT2D eigenvalue weighted by Crippen LogP contribution is 2.35. The number of nitriles is 1. The fraction of sp³-hybridized carbons (Fsp3) is 0.100. The summed E-state index contributed by atoms with van der Waals surface area (Å²) in [6.45, 7) is 2.03. The number of pyridine rings is 1. The topological polar surface area (TPSA) is 40.8 Å². The molecule has 0 saturated carbocycles. The van der Waals surface area contributed by atoms with Gasteiger partial charge in [0.15, 0.2) is 17.6 Å². The van der Waals surface area contributed by atoms with Gasteiger partial charge in [-0.05, 0) is 42.8 Å². The monoisotopic (exact) mass is 317 g/mol. The number of benzene rings is 2. The lowest BCUT2D eigenvalue weighted by molar-refractivity contribution is -0.660. The molecule has 0 radical (unpaired) electrons. The SMILES string of the molecule is Cc1cc2c(cc1-c1cccc[n+]1C)oc1c(F)c(C#N)ccc12. The van der Waals surface area contributed by atoms with Gasteiger partial charge in [0.2, 0.25) is 5.69 Å². The molecule has 0 aliphatic carbocycles. The van der Waals surface area contributed by atoms with Gasteiger partial charge in [-0.15, -0.1) is 0 Å². The minimum atomic E-state index is -0.601. The zero-order valence-electron chi connectivity index (χ0n) is 13.3. The molecule has 2 heterocycles. The van der Waals surface area contributed by atoms with Gasteiger partial charge in [-0.2, -0.15) is 5.26 Å². The average Bonchev–Trinajstić information content (AvgIpc) is 2.94. The Balaban J connectivity index is 2.06. The van der Waals surface area contributed by atoms with Crippen LogP contribution in [0.1, 0.15) is 11.1 Å². The molecule has 0 atom stereocenters. The van der Waals surface area contributed by atoms with Crippen molar-refractivity contribution in [3.63, 3.8) is 0 Å². The zero-order valence-corrected chi connectivity index (χ0v) is 13.3. The number of rotatable bonds is 1. The Hall–Kier alpha value is -3.19. The largest absolute Gasteiger partial charge is 0.453 e. The average molecular weight is 317 g/mol. The maximum atomic E-state index is 14.4. The third-order valence-electron chi connectivity index (χ3n) is 4.38. The molecule has 0 spiro atoms. The lowest BCUT2D eigenvalue weighted by Crippen LogP contribution is -2.30. The lowest BCUT2D eigenvalue weighted by atomic mass is 10.0. The van der Waals surface area contributed by atoms with Crippen molar-refractivity contribution < 1.29 is 13.4 Å². The highest BCUT2D eigenvalue weighted by atomic mass is 19.1. The number of hydrogen-bond acceptors (Lipinski definition) is 2. The number of fused-ring (bicyclic) bond motifs is 3. The molecular weight excluding hydrogens is 303 g/mol. The molecule has 4 aromatic rings. The van der Waals surface area contributed by atoms with Crippen molar-refractivity contribution in [3.8, 4) is 17.3 Å². The van der Waals surface area contributed by atoms with Crippen LogP contribution in [0.5, 0.6) is 0 Å².